The summed E-state index contributed by atoms with van der Waals surface area (Å²) in [6, 6.07) is 7.29. The van der Waals surface area contributed by atoms with Gasteiger partial charge in [0.2, 0.25) is 5.91 Å². The molecule has 2 saturated heterocycles. The molecular weight excluding hydrogens is 1100 g/mol. The van der Waals surface area contributed by atoms with Crippen LogP contribution in [0.4, 0.5) is 68.1 Å². The van der Waals surface area contributed by atoms with Gasteiger partial charge in [-0.2, -0.15) is 40.2 Å². The number of ether oxygens (including phenoxy) is 2. The lowest BCUT2D eigenvalue weighted by molar-refractivity contribution is -0.239. The number of methoxy groups -OCH3 is 1. The number of carbonyl (C=O) groups is 4. The van der Waals surface area contributed by atoms with E-state index in [1.807, 2.05) is 25.9 Å². The number of piperazine rings is 1. The molecule has 6 rings (SSSR count). The van der Waals surface area contributed by atoms with E-state index in [0.717, 1.165) is 39.3 Å². The molecule has 5 N–H and O–H groups in total. The van der Waals surface area contributed by atoms with Crippen LogP contribution in [0, 0.1) is 34.3 Å². The van der Waals surface area contributed by atoms with Crippen molar-refractivity contribution in [2.45, 2.75) is 115 Å². The number of aromatic nitrogens is 3. The second kappa shape index (κ2) is 25.6. The summed E-state index contributed by atoms with van der Waals surface area (Å²) in [4.78, 5) is 61.2. The first-order valence-corrected chi connectivity index (χ1v) is 24.9. The number of benzene rings is 2. The van der Waals surface area contributed by atoms with Gasteiger partial charge in [-0.1, -0.05) is 24.0 Å². The molecule has 2 aromatic carbocycles. The third kappa shape index (κ3) is 15.4. The molecule has 442 valence electrons. The van der Waals surface area contributed by atoms with Crippen LogP contribution < -0.4 is 26.3 Å². The lowest BCUT2D eigenvalue weighted by atomic mass is 9.82. The molecule has 4 amide bonds. The molecule has 2 aromatic heterocycles. The predicted molar refractivity (Wildman–Crippen MR) is 266 cm³/mol. The number of carbonyl (C=O) groups excluding carboxylic acids is 4. The average molecular weight is 1160 g/mol. The zero-order chi connectivity index (χ0) is 59.9. The van der Waals surface area contributed by atoms with Crippen LogP contribution in [-0.2, 0) is 32.0 Å². The summed E-state index contributed by atoms with van der Waals surface area (Å²) in [6.45, 7) is -2.59. The number of hydrogen-bond donors (Lipinski definition) is 5. The number of fused-ring (bicyclic) bond motifs is 2. The van der Waals surface area contributed by atoms with Gasteiger partial charge in [0.15, 0.2) is 6.10 Å². The maximum Gasteiger partial charge on any atom is 0.407 e. The summed E-state index contributed by atoms with van der Waals surface area (Å²) in [5, 5.41) is 22.1. The third-order valence-corrected chi connectivity index (χ3v) is 14.1. The quantitative estimate of drug-likeness (QED) is 0.0333. The van der Waals surface area contributed by atoms with E-state index in [-0.39, 0.29) is 40.1 Å². The Morgan fingerprint density at radius 3 is 1.93 bits per heavy atom. The lowest BCUT2D eigenvalue weighted by Crippen LogP contribution is -2.62. The number of aliphatic hydroxyl groups is 1. The Morgan fingerprint density at radius 1 is 0.815 bits per heavy atom. The van der Waals surface area contributed by atoms with E-state index in [0.29, 0.717) is 74.9 Å². The Balaban J connectivity index is 1.32. The number of rotatable bonds is 20. The van der Waals surface area contributed by atoms with Gasteiger partial charge in [0, 0.05) is 80.0 Å². The zero-order valence-electron chi connectivity index (χ0n) is 44.2. The highest BCUT2D eigenvalue weighted by molar-refractivity contribution is 5.87. The van der Waals surface area contributed by atoms with Crippen molar-refractivity contribution in [1.29, 1.82) is 0 Å². The molecule has 2 aliphatic rings. The first-order chi connectivity index (χ1) is 37.8. The molecule has 2 bridgehead atoms. The Labute approximate surface area is 456 Å². The van der Waals surface area contributed by atoms with Crippen LogP contribution in [0.5, 0.6) is 0 Å². The summed E-state index contributed by atoms with van der Waals surface area (Å²) in [6.07, 6.45) is -17.5. The fourth-order valence-electron chi connectivity index (χ4n) is 9.12. The maximum atomic E-state index is 16.0. The fourth-order valence-corrected chi connectivity index (χ4v) is 9.12. The van der Waals surface area contributed by atoms with Gasteiger partial charge in [0.05, 0.1) is 36.9 Å². The smallest absolute Gasteiger partial charge is 0.407 e. The van der Waals surface area contributed by atoms with Gasteiger partial charge >= 0.3 is 31.1 Å². The molecule has 0 spiro atoms. The fraction of sp³-hybridized carbons (Fsp3) is 0.500. The highest BCUT2D eigenvalue weighted by Crippen LogP contribution is 2.43. The number of amides is 4. The Bertz CT molecular complexity index is 2880. The van der Waals surface area contributed by atoms with Crippen molar-refractivity contribution in [1.82, 2.24) is 46.0 Å². The second-order valence-electron chi connectivity index (χ2n) is 20.4. The highest BCUT2D eigenvalue weighted by atomic mass is 19.4. The normalized spacial score (nSPS) is 17.5. The number of alkyl carbamates (subject to hydrolysis) is 2. The van der Waals surface area contributed by atoms with Crippen molar-refractivity contribution in [3.63, 3.8) is 0 Å². The second-order valence-corrected chi connectivity index (χ2v) is 20.4. The molecule has 0 radical (unpaired) electrons. The van der Waals surface area contributed by atoms with Crippen LogP contribution in [0.25, 0.3) is 11.3 Å². The topological polar surface area (TPSA) is 196 Å². The Morgan fingerprint density at radius 2 is 1.41 bits per heavy atom. The molecule has 0 aliphatic carbocycles. The van der Waals surface area contributed by atoms with E-state index in [4.69, 9.17) is 4.74 Å². The largest absolute Gasteiger partial charge is 0.453 e. The summed E-state index contributed by atoms with van der Waals surface area (Å²) >= 11 is 0. The van der Waals surface area contributed by atoms with Crippen molar-refractivity contribution < 1.29 is 86.4 Å². The number of halogens is 12. The molecule has 4 aromatic rings. The first kappa shape index (κ1) is 62.9. The summed E-state index contributed by atoms with van der Waals surface area (Å²) in [5.74, 6) is 0.299. The number of nitrogens with one attached hydrogen (secondary N) is 4. The Kier molecular flexibility index (Phi) is 19.9. The number of hydrogen-bond acceptors (Lipinski definition) is 12. The number of anilines is 1. The summed E-state index contributed by atoms with van der Waals surface area (Å²) in [5.41, 5.74) is -4.83. The van der Waals surface area contributed by atoms with E-state index in [1.54, 1.807) is 12.1 Å². The maximum absolute atomic E-state index is 16.0. The molecule has 2 fully saturated rings. The minimum Gasteiger partial charge on any atom is -0.453 e. The molecule has 81 heavy (non-hydrogen) atoms. The molecule has 29 heteroatoms. The molecular formula is C52H58F12N10O7. The van der Waals surface area contributed by atoms with Crippen molar-refractivity contribution in [2.24, 2.45) is 10.8 Å². The minimum absolute atomic E-state index is 0.0309. The number of pyridine rings is 1. The van der Waals surface area contributed by atoms with Gasteiger partial charge in [-0.05, 0) is 95.0 Å². The molecule has 17 nitrogen and oxygen atoms in total. The van der Waals surface area contributed by atoms with Crippen molar-refractivity contribution >= 4 is 29.8 Å². The van der Waals surface area contributed by atoms with Crippen LogP contribution in [0.15, 0.2) is 67.0 Å². The lowest BCUT2D eigenvalue weighted by Gasteiger charge is -2.41. The van der Waals surface area contributed by atoms with Crippen LogP contribution in [0.2, 0.25) is 0 Å². The highest BCUT2D eigenvalue weighted by Gasteiger charge is 2.58. The van der Waals surface area contributed by atoms with Crippen molar-refractivity contribution in [3.8, 4) is 23.1 Å². The first-order valence-electron chi connectivity index (χ1n) is 24.9. The van der Waals surface area contributed by atoms with E-state index >= 15 is 8.78 Å². The van der Waals surface area contributed by atoms with Gasteiger partial charge in [0.25, 0.3) is 12.3 Å². The van der Waals surface area contributed by atoms with E-state index in [1.165, 1.54) is 30.5 Å². The summed E-state index contributed by atoms with van der Waals surface area (Å²) in [7, 11) is 1.76. The van der Waals surface area contributed by atoms with Gasteiger partial charge < -0.3 is 35.4 Å². The number of hydrazine groups is 1. The van der Waals surface area contributed by atoms with Gasteiger partial charge in [-0.15, -0.1) is 0 Å². The number of nitrogens with zero attached hydrogens (tertiary/aromatic N) is 6. The molecule has 0 saturated carbocycles. The minimum atomic E-state index is -5.28. The van der Waals surface area contributed by atoms with E-state index in [9.17, 15) is 68.2 Å². The average Bonchev–Trinajstić information content (AvgIpc) is 3.99. The number of alkyl halides is 10. The molecule has 4 heterocycles. The predicted octanol–water partition coefficient (Wildman–Crippen LogP) is 7.48. The van der Waals surface area contributed by atoms with E-state index in [2.05, 4.69) is 32.0 Å². The zero-order valence-corrected chi connectivity index (χ0v) is 44.2. The van der Waals surface area contributed by atoms with Crippen LogP contribution in [0.3, 0.4) is 0 Å². The Hall–Kier alpha value is -7.32. The van der Waals surface area contributed by atoms with Gasteiger partial charge in [0.1, 0.15) is 28.9 Å². The summed E-state index contributed by atoms with van der Waals surface area (Å²) < 4.78 is 182. The number of aliphatic hydroxyl groups excluding tert-OH is 1. The van der Waals surface area contributed by atoms with Gasteiger partial charge in [-0.3, -0.25) is 19.9 Å². The van der Waals surface area contributed by atoms with E-state index < -0.39 is 121 Å². The molecule has 6 atom stereocenters. The molecule has 2 aliphatic heterocycles. The monoisotopic (exact) mass is 1160 g/mol. The standard InChI is InChI=1S/C52H58F12N10O7/c1-49(2,51(59,60)61)42(68-48(79)80-6)44(76)67-38(19-29-10-7-28(8-11-29)9-12-30-13-16-41(66-22-30)71-23-32-14-15-33(24-71)73(32)27-40(55)56)39(75)26-72(70-45(77)43(81-47(78)65-5)50(3,4)52(62,63)64)25-34-35(53)20-31(21-36(34)54)37-17-18-74(69-37)46(57)58/h7-8,10-11,13,16-18,20-22,32-33,38-40,42-43,46,75H,14-15,19,23-27H2,1-6H3,(H,65,78)(H,67,76)(H,68,79)(H,70,77)/t32-,33-,38-,39-,42+,43+/m0/s1. The van der Waals surface area contributed by atoms with Crippen molar-refractivity contribution in [2.75, 3.05) is 45.2 Å². The van der Waals surface area contributed by atoms with Crippen molar-refractivity contribution in [3.05, 3.63) is 101 Å². The van der Waals surface area contributed by atoms with Crippen LogP contribution in [0.1, 0.15) is 69.3 Å². The van der Waals surface area contributed by atoms with Gasteiger partial charge in [-0.25, -0.2) is 41.8 Å². The third-order valence-electron chi connectivity index (χ3n) is 14.1. The van der Waals surface area contributed by atoms with Crippen LogP contribution >= 0.6 is 0 Å². The molecule has 0 unspecified atom stereocenters. The SMILES string of the molecule is CNC(=O)O[C@H](C(=O)NN(Cc1c(F)cc(-c2ccn(C(F)F)n2)cc1F)C[C@H](O)[C@H](Cc1ccc(C#Cc2ccc(N3C[C@@H]4CC[C@@H](C3)N4CC(F)F)nc2)cc1)NC(=O)[C@@H](NC(=O)OC)C(C)(C)C(F)(F)F)C(C)(C)C(F)(F)F. The van der Waals surface area contributed by atoms with Crippen LogP contribution in [-0.4, -0.2) is 149 Å².